The molecule has 0 aliphatic heterocycles. The van der Waals surface area contributed by atoms with Gasteiger partial charge in [-0.05, 0) is 30.7 Å². The quantitative estimate of drug-likeness (QED) is 0.766. The van der Waals surface area contributed by atoms with Gasteiger partial charge in [-0.1, -0.05) is 35.6 Å². The molecule has 0 amide bonds. The summed E-state index contributed by atoms with van der Waals surface area (Å²) in [6, 6.07) is 14.5. The molecule has 4 heteroatoms. The third-order valence-corrected chi connectivity index (χ3v) is 4.05. The van der Waals surface area contributed by atoms with E-state index in [9.17, 15) is 0 Å². The molecular weight excluding hydrogens is 268 g/mol. The summed E-state index contributed by atoms with van der Waals surface area (Å²) >= 11 is 1.66. The van der Waals surface area contributed by atoms with E-state index < -0.39 is 0 Å². The van der Waals surface area contributed by atoms with Crippen LogP contribution < -0.4 is 5.32 Å². The van der Waals surface area contributed by atoms with Crippen LogP contribution in [0.4, 0.5) is 10.8 Å². The number of anilines is 2. The van der Waals surface area contributed by atoms with Crippen LogP contribution in [0, 0.1) is 6.92 Å². The Morgan fingerprint density at radius 3 is 2.90 bits per heavy atom. The van der Waals surface area contributed by atoms with Crippen molar-refractivity contribution in [2.45, 2.75) is 13.5 Å². The van der Waals surface area contributed by atoms with Crippen molar-refractivity contribution in [2.24, 2.45) is 0 Å². The number of ether oxygens (including phenoxy) is 1. The third kappa shape index (κ3) is 2.66. The standard InChI is InChI=1S/C16H16N2OS/c1-11-7-8-15-14(9-11)18-16(20-15)17-13-6-4-3-5-12(13)10-19-2/h3-9H,10H2,1-2H3,(H,17,18). The highest BCUT2D eigenvalue weighted by molar-refractivity contribution is 7.22. The minimum atomic E-state index is 0.590. The summed E-state index contributed by atoms with van der Waals surface area (Å²) in [7, 11) is 1.71. The van der Waals surface area contributed by atoms with Crippen LogP contribution in [0.5, 0.6) is 0 Å². The van der Waals surface area contributed by atoms with Crippen LogP contribution in [0.2, 0.25) is 0 Å². The van der Waals surface area contributed by atoms with Crippen LogP contribution in [0.3, 0.4) is 0 Å². The predicted octanol–water partition coefficient (Wildman–Crippen LogP) is 4.49. The molecule has 3 rings (SSSR count). The molecule has 1 aromatic heterocycles. The van der Waals surface area contributed by atoms with E-state index in [1.165, 1.54) is 10.3 Å². The maximum Gasteiger partial charge on any atom is 0.188 e. The SMILES string of the molecule is COCc1ccccc1Nc1nc2cc(C)ccc2s1. The van der Waals surface area contributed by atoms with E-state index in [1.54, 1.807) is 18.4 Å². The zero-order valence-electron chi connectivity index (χ0n) is 11.5. The van der Waals surface area contributed by atoms with Crippen molar-refractivity contribution in [2.75, 3.05) is 12.4 Å². The molecule has 0 saturated carbocycles. The van der Waals surface area contributed by atoms with E-state index in [-0.39, 0.29) is 0 Å². The van der Waals surface area contributed by atoms with Crippen molar-refractivity contribution < 1.29 is 4.74 Å². The minimum Gasteiger partial charge on any atom is -0.380 e. The zero-order valence-corrected chi connectivity index (χ0v) is 12.3. The number of thiazole rings is 1. The molecule has 0 radical (unpaired) electrons. The number of fused-ring (bicyclic) bond motifs is 1. The lowest BCUT2D eigenvalue weighted by Gasteiger charge is -2.08. The number of benzene rings is 2. The number of nitrogens with one attached hydrogen (secondary N) is 1. The van der Waals surface area contributed by atoms with Gasteiger partial charge in [0.25, 0.3) is 0 Å². The van der Waals surface area contributed by atoms with Crippen molar-refractivity contribution in [1.82, 2.24) is 4.98 Å². The molecule has 0 aliphatic rings. The summed E-state index contributed by atoms with van der Waals surface area (Å²) in [6.07, 6.45) is 0. The monoisotopic (exact) mass is 284 g/mol. The predicted molar refractivity (Wildman–Crippen MR) is 84.8 cm³/mol. The van der Waals surface area contributed by atoms with Gasteiger partial charge < -0.3 is 10.1 Å². The summed E-state index contributed by atoms with van der Waals surface area (Å²) in [5, 5.41) is 4.30. The van der Waals surface area contributed by atoms with Gasteiger partial charge in [0.1, 0.15) is 0 Å². The lowest BCUT2D eigenvalue weighted by Crippen LogP contribution is -1.96. The van der Waals surface area contributed by atoms with Crippen molar-refractivity contribution in [3.63, 3.8) is 0 Å². The molecule has 2 aromatic carbocycles. The second-order valence-corrected chi connectivity index (χ2v) is 5.74. The Morgan fingerprint density at radius 2 is 2.05 bits per heavy atom. The first-order valence-electron chi connectivity index (χ1n) is 6.47. The molecule has 102 valence electrons. The lowest BCUT2D eigenvalue weighted by molar-refractivity contribution is 0.185. The first-order chi connectivity index (χ1) is 9.76. The first kappa shape index (κ1) is 13.1. The smallest absolute Gasteiger partial charge is 0.188 e. The number of aryl methyl sites for hydroxylation is 1. The molecule has 0 aliphatic carbocycles. The normalized spacial score (nSPS) is 10.9. The Morgan fingerprint density at radius 1 is 1.20 bits per heavy atom. The maximum atomic E-state index is 5.22. The molecule has 20 heavy (non-hydrogen) atoms. The van der Waals surface area contributed by atoms with E-state index >= 15 is 0 Å². The molecule has 3 nitrogen and oxygen atoms in total. The van der Waals surface area contributed by atoms with Crippen LogP contribution in [0.25, 0.3) is 10.2 Å². The summed E-state index contributed by atoms with van der Waals surface area (Å²) < 4.78 is 6.42. The number of aromatic nitrogens is 1. The zero-order chi connectivity index (χ0) is 13.9. The number of hydrogen-bond donors (Lipinski definition) is 1. The van der Waals surface area contributed by atoms with Gasteiger partial charge in [-0.25, -0.2) is 4.98 Å². The Bertz CT molecular complexity index is 736. The number of para-hydroxylation sites is 1. The lowest BCUT2D eigenvalue weighted by atomic mass is 10.2. The fourth-order valence-electron chi connectivity index (χ4n) is 2.13. The molecular formula is C16H16N2OS. The Labute approximate surface area is 122 Å². The van der Waals surface area contributed by atoms with E-state index in [0.29, 0.717) is 6.61 Å². The Hall–Kier alpha value is -1.91. The fraction of sp³-hybridized carbons (Fsp3) is 0.188. The van der Waals surface area contributed by atoms with Gasteiger partial charge in [0.05, 0.1) is 16.8 Å². The highest BCUT2D eigenvalue weighted by Crippen LogP contribution is 2.30. The maximum absolute atomic E-state index is 5.22. The largest absolute Gasteiger partial charge is 0.380 e. The fourth-order valence-corrected chi connectivity index (χ4v) is 2.99. The van der Waals surface area contributed by atoms with E-state index in [2.05, 4.69) is 41.5 Å². The van der Waals surface area contributed by atoms with Crippen LogP contribution in [-0.2, 0) is 11.3 Å². The van der Waals surface area contributed by atoms with E-state index in [0.717, 1.165) is 21.9 Å². The van der Waals surface area contributed by atoms with Crippen molar-refractivity contribution in [3.8, 4) is 0 Å². The van der Waals surface area contributed by atoms with E-state index in [1.807, 2.05) is 18.2 Å². The summed E-state index contributed by atoms with van der Waals surface area (Å²) in [5.74, 6) is 0. The van der Waals surface area contributed by atoms with Gasteiger partial charge in [0.2, 0.25) is 0 Å². The van der Waals surface area contributed by atoms with Crippen LogP contribution in [-0.4, -0.2) is 12.1 Å². The topological polar surface area (TPSA) is 34.1 Å². The first-order valence-corrected chi connectivity index (χ1v) is 7.29. The molecule has 0 fully saturated rings. The summed E-state index contributed by atoms with van der Waals surface area (Å²) in [4.78, 5) is 4.64. The number of nitrogens with zero attached hydrogens (tertiary/aromatic N) is 1. The molecule has 1 N–H and O–H groups in total. The van der Waals surface area contributed by atoms with Gasteiger partial charge in [-0.2, -0.15) is 0 Å². The second-order valence-electron chi connectivity index (χ2n) is 4.71. The molecule has 0 spiro atoms. The number of rotatable bonds is 4. The second kappa shape index (κ2) is 5.61. The van der Waals surface area contributed by atoms with Crippen LogP contribution in [0.1, 0.15) is 11.1 Å². The molecule has 0 unspecified atom stereocenters. The molecule has 3 aromatic rings. The van der Waals surface area contributed by atoms with Gasteiger partial charge in [0.15, 0.2) is 5.13 Å². The Kier molecular flexibility index (Phi) is 3.67. The van der Waals surface area contributed by atoms with Gasteiger partial charge in [-0.15, -0.1) is 0 Å². The number of methoxy groups -OCH3 is 1. The van der Waals surface area contributed by atoms with Crippen molar-refractivity contribution in [1.29, 1.82) is 0 Å². The van der Waals surface area contributed by atoms with Crippen molar-refractivity contribution >= 4 is 32.4 Å². The molecule has 1 heterocycles. The molecule has 0 saturated heterocycles. The Balaban J connectivity index is 1.93. The third-order valence-electron chi connectivity index (χ3n) is 3.10. The average Bonchev–Trinajstić information content (AvgIpc) is 2.82. The number of hydrogen-bond acceptors (Lipinski definition) is 4. The van der Waals surface area contributed by atoms with E-state index in [4.69, 9.17) is 4.74 Å². The highest BCUT2D eigenvalue weighted by Gasteiger charge is 2.06. The average molecular weight is 284 g/mol. The highest BCUT2D eigenvalue weighted by atomic mass is 32.1. The molecule has 0 bridgehead atoms. The van der Waals surface area contributed by atoms with Gasteiger partial charge in [-0.3, -0.25) is 0 Å². The molecule has 0 atom stereocenters. The summed E-state index contributed by atoms with van der Waals surface area (Å²) in [5.41, 5.74) is 4.45. The van der Waals surface area contributed by atoms with Crippen LogP contribution in [0.15, 0.2) is 42.5 Å². The van der Waals surface area contributed by atoms with Crippen molar-refractivity contribution in [3.05, 3.63) is 53.6 Å². The van der Waals surface area contributed by atoms with Gasteiger partial charge >= 0.3 is 0 Å². The minimum absolute atomic E-state index is 0.590. The van der Waals surface area contributed by atoms with Gasteiger partial charge in [0, 0.05) is 18.4 Å². The summed E-state index contributed by atoms with van der Waals surface area (Å²) in [6.45, 7) is 2.67. The van der Waals surface area contributed by atoms with Crippen LogP contribution >= 0.6 is 11.3 Å².